The van der Waals surface area contributed by atoms with Crippen molar-refractivity contribution in [3.63, 3.8) is 0 Å². The zero-order valence-electron chi connectivity index (χ0n) is 5.91. The van der Waals surface area contributed by atoms with Crippen molar-refractivity contribution in [2.24, 2.45) is 0 Å². The smallest absolute Gasteiger partial charge is 0.147 e. The first-order valence-electron chi connectivity index (χ1n) is 3.28. The molecule has 2 rings (SSSR count). The Bertz CT molecular complexity index is 436. The SMILES string of the molecule is Oc1cc(Br)c(O)c2sccc12. The van der Waals surface area contributed by atoms with Crippen LogP contribution in [0.15, 0.2) is 22.0 Å². The lowest BCUT2D eigenvalue weighted by Gasteiger charge is -2.00. The van der Waals surface area contributed by atoms with Crippen LogP contribution in [0.1, 0.15) is 0 Å². The Hall–Kier alpha value is -0.740. The molecule has 0 spiro atoms. The molecule has 0 saturated carbocycles. The third-order valence-corrected chi connectivity index (χ3v) is 3.17. The van der Waals surface area contributed by atoms with Gasteiger partial charge in [0.05, 0.1) is 9.17 Å². The number of benzene rings is 1. The molecule has 1 aromatic heterocycles. The number of fused-ring (bicyclic) bond motifs is 1. The second-order valence-corrected chi connectivity index (χ2v) is 4.16. The van der Waals surface area contributed by atoms with E-state index in [2.05, 4.69) is 15.9 Å². The first kappa shape index (κ1) is 7.89. The Morgan fingerprint density at radius 3 is 2.83 bits per heavy atom. The summed E-state index contributed by atoms with van der Waals surface area (Å²) >= 11 is 4.55. The fourth-order valence-corrected chi connectivity index (χ4v) is 2.48. The normalized spacial score (nSPS) is 10.8. The van der Waals surface area contributed by atoms with Crippen LogP contribution < -0.4 is 0 Å². The highest BCUT2D eigenvalue weighted by atomic mass is 79.9. The molecule has 0 fully saturated rings. The van der Waals surface area contributed by atoms with Crippen molar-refractivity contribution in [3.8, 4) is 11.5 Å². The van der Waals surface area contributed by atoms with Crippen LogP contribution >= 0.6 is 27.3 Å². The summed E-state index contributed by atoms with van der Waals surface area (Å²) in [5.74, 6) is 0.383. The van der Waals surface area contributed by atoms with Crippen LogP contribution in [-0.4, -0.2) is 10.2 Å². The molecule has 0 aliphatic carbocycles. The number of phenols is 2. The number of halogens is 1. The van der Waals surface area contributed by atoms with Crippen LogP contribution in [0.3, 0.4) is 0 Å². The highest BCUT2D eigenvalue weighted by Crippen LogP contribution is 2.41. The predicted octanol–water partition coefficient (Wildman–Crippen LogP) is 3.08. The highest BCUT2D eigenvalue weighted by molar-refractivity contribution is 9.10. The van der Waals surface area contributed by atoms with Gasteiger partial charge in [0.25, 0.3) is 0 Å². The first-order chi connectivity index (χ1) is 5.70. The van der Waals surface area contributed by atoms with Gasteiger partial charge in [0, 0.05) is 5.39 Å². The van der Waals surface area contributed by atoms with Crippen molar-refractivity contribution in [2.75, 3.05) is 0 Å². The van der Waals surface area contributed by atoms with Gasteiger partial charge in [0.1, 0.15) is 11.5 Å². The fourth-order valence-electron chi connectivity index (χ4n) is 1.07. The van der Waals surface area contributed by atoms with Crippen LogP contribution in [0, 0.1) is 0 Å². The minimum atomic E-state index is 0.191. The Balaban J connectivity index is 2.97. The molecule has 2 nitrogen and oxygen atoms in total. The van der Waals surface area contributed by atoms with Gasteiger partial charge in [-0.3, -0.25) is 0 Å². The minimum Gasteiger partial charge on any atom is -0.507 e. The van der Waals surface area contributed by atoms with E-state index in [0.29, 0.717) is 14.6 Å². The second-order valence-electron chi connectivity index (χ2n) is 2.39. The Labute approximate surface area is 81.2 Å². The van der Waals surface area contributed by atoms with Gasteiger partial charge in [0.2, 0.25) is 0 Å². The van der Waals surface area contributed by atoms with Gasteiger partial charge < -0.3 is 10.2 Å². The zero-order valence-corrected chi connectivity index (χ0v) is 8.32. The van der Waals surface area contributed by atoms with Crippen molar-refractivity contribution < 1.29 is 10.2 Å². The monoisotopic (exact) mass is 244 g/mol. The molecule has 4 heteroatoms. The Kier molecular flexibility index (Phi) is 1.73. The van der Waals surface area contributed by atoms with E-state index in [0.717, 1.165) is 0 Å². The number of hydrogen-bond acceptors (Lipinski definition) is 3. The maximum Gasteiger partial charge on any atom is 0.147 e. The summed E-state index contributed by atoms with van der Waals surface area (Å²) in [4.78, 5) is 0. The molecule has 1 heterocycles. The van der Waals surface area contributed by atoms with Crippen molar-refractivity contribution in [1.82, 2.24) is 0 Å². The lowest BCUT2D eigenvalue weighted by Crippen LogP contribution is -1.71. The molecule has 0 radical (unpaired) electrons. The molecule has 2 N–H and O–H groups in total. The molecule has 1 aromatic carbocycles. The van der Waals surface area contributed by atoms with E-state index in [1.54, 1.807) is 6.07 Å². The fraction of sp³-hybridized carbons (Fsp3) is 0. The summed E-state index contributed by atoms with van der Waals surface area (Å²) in [5.41, 5.74) is 0. The van der Waals surface area contributed by atoms with Crippen molar-refractivity contribution >= 4 is 37.4 Å². The van der Waals surface area contributed by atoms with Gasteiger partial charge >= 0.3 is 0 Å². The van der Waals surface area contributed by atoms with Gasteiger partial charge in [-0.2, -0.15) is 0 Å². The van der Waals surface area contributed by atoms with Gasteiger partial charge in [0.15, 0.2) is 0 Å². The van der Waals surface area contributed by atoms with Crippen LogP contribution in [0.2, 0.25) is 0 Å². The van der Waals surface area contributed by atoms with E-state index < -0.39 is 0 Å². The molecular formula is C8H5BrO2S. The summed E-state index contributed by atoms with van der Waals surface area (Å²) in [6.45, 7) is 0. The highest BCUT2D eigenvalue weighted by Gasteiger charge is 2.09. The van der Waals surface area contributed by atoms with E-state index in [-0.39, 0.29) is 11.5 Å². The summed E-state index contributed by atoms with van der Waals surface area (Å²) in [6.07, 6.45) is 0. The van der Waals surface area contributed by atoms with Crippen LogP contribution in [-0.2, 0) is 0 Å². The summed E-state index contributed by atoms with van der Waals surface area (Å²) < 4.78 is 1.23. The van der Waals surface area contributed by atoms with Crippen molar-refractivity contribution in [3.05, 3.63) is 22.0 Å². The number of rotatable bonds is 0. The third-order valence-electron chi connectivity index (χ3n) is 1.65. The van der Waals surface area contributed by atoms with E-state index in [4.69, 9.17) is 0 Å². The topological polar surface area (TPSA) is 40.5 Å². The van der Waals surface area contributed by atoms with Gasteiger partial charge in [-0.25, -0.2) is 0 Å². The standard InChI is InChI=1S/C8H5BrO2S/c9-5-3-6(10)4-1-2-12-8(4)7(5)11/h1-3,10-11H. The van der Waals surface area contributed by atoms with E-state index in [1.165, 1.54) is 17.4 Å². The summed E-state index contributed by atoms with van der Waals surface area (Å²) in [6, 6.07) is 3.27. The number of hydrogen-bond donors (Lipinski definition) is 2. The van der Waals surface area contributed by atoms with Crippen molar-refractivity contribution in [2.45, 2.75) is 0 Å². The maximum atomic E-state index is 9.52. The quantitative estimate of drug-likeness (QED) is 0.700. The second kappa shape index (κ2) is 2.64. The number of aromatic hydroxyl groups is 2. The van der Waals surface area contributed by atoms with E-state index in [9.17, 15) is 10.2 Å². The lowest BCUT2D eigenvalue weighted by atomic mass is 10.2. The van der Waals surface area contributed by atoms with Crippen molar-refractivity contribution in [1.29, 1.82) is 0 Å². The minimum absolute atomic E-state index is 0.191. The molecule has 0 atom stereocenters. The molecule has 0 aliphatic heterocycles. The third kappa shape index (κ3) is 0.990. The predicted molar refractivity (Wildman–Crippen MR) is 52.9 cm³/mol. The van der Waals surface area contributed by atoms with Gasteiger partial charge in [-0.1, -0.05) is 0 Å². The molecule has 0 unspecified atom stereocenters. The molecule has 0 aliphatic rings. The van der Waals surface area contributed by atoms with Crippen LogP contribution in [0.4, 0.5) is 0 Å². The molecule has 2 aromatic rings. The maximum absolute atomic E-state index is 9.52. The Morgan fingerprint density at radius 1 is 1.33 bits per heavy atom. The van der Waals surface area contributed by atoms with Gasteiger partial charge in [-0.05, 0) is 33.4 Å². The number of thiophene rings is 1. The lowest BCUT2D eigenvalue weighted by molar-refractivity contribution is 0.467. The number of phenolic OH excluding ortho intramolecular Hbond substituents is 2. The zero-order chi connectivity index (χ0) is 8.72. The first-order valence-corrected chi connectivity index (χ1v) is 4.95. The Morgan fingerprint density at radius 2 is 2.08 bits per heavy atom. The molecule has 0 amide bonds. The van der Waals surface area contributed by atoms with E-state index >= 15 is 0 Å². The molecule has 12 heavy (non-hydrogen) atoms. The average molecular weight is 245 g/mol. The largest absolute Gasteiger partial charge is 0.507 e. The van der Waals surface area contributed by atoms with Gasteiger partial charge in [-0.15, -0.1) is 11.3 Å². The summed E-state index contributed by atoms with van der Waals surface area (Å²) in [7, 11) is 0. The molecule has 0 saturated heterocycles. The molecule has 0 bridgehead atoms. The summed E-state index contributed by atoms with van der Waals surface area (Å²) in [5, 5.41) is 21.5. The molecule has 62 valence electrons. The average Bonchev–Trinajstić information content (AvgIpc) is 2.48. The van der Waals surface area contributed by atoms with Crippen LogP contribution in [0.25, 0.3) is 10.1 Å². The molecular weight excluding hydrogens is 240 g/mol. The van der Waals surface area contributed by atoms with E-state index in [1.807, 2.05) is 5.38 Å². The van der Waals surface area contributed by atoms with Crippen LogP contribution in [0.5, 0.6) is 11.5 Å².